The lowest BCUT2D eigenvalue weighted by atomic mass is 10.00. The molecule has 0 spiro atoms. The largest absolute Gasteiger partial charge is 0.253 e. The molecule has 130 valence electrons. The molecule has 3 aromatic rings. The van der Waals surface area contributed by atoms with Crippen LogP contribution >= 0.6 is 0 Å². The van der Waals surface area contributed by atoms with Gasteiger partial charge < -0.3 is 0 Å². The molecule has 0 saturated heterocycles. The summed E-state index contributed by atoms with van der Waals surface area (Å²) in [5.41, 5.74) is 2.04. The second-order valence-electron chi connectivity index (χ2n) is 5.76. The molecule has 25 heavy (non-hydrogen) atoms. The van der Waals surface area contributed by atoms with E-state index in [4.69, 9.17) is 0 Å². The van der Waals surface area contributed by atoms with Gasteiger partial charge in [0, 0.05) is 12.6 Å². The first kappa shape index (κ1) is 17.3. The van der Waals surface area contributed by atoms with Gasteiger partial charge in [-0.25, -0.2) is 18.1 Å². The molecule has 0 bridgehead atoms. The highest BCUT2D eigenvalue weighted by Crippen LogP contribution is 2.21. The van der Waals surface area contributed by atoms with Crippen molar-refractivity contribution in [2.24, 2.45) is 0 Å². The smallest absolute Gasteiger partial charge is 0.241 e. The van der Waals surface area contributed by atoms with E-state index in [1.54, 1.807) is 41.3 Å². The van der Waals surface area contributed by atoms with Crippen molar-refractivity contribution < 1.29 is 8.42 Å². The molecule has 6 nitrogen and oxygen atoms in total. The molecule has 7 heteroatoms. The van der Waals surface area contributed by atoms with Gasteiger partial charge in [-0.05, 0) is 36.6 Å². The SMILES string of the molecule is C[C@@H](NS(=O)(=O)c1ccccc1)c1ccccc1CCn1cncn1. The molecule has 0 aliphatic rings. The minimum atomic E-state index is -3.56. The molecule has 0 radical (unpaired) electrons. The van der Waals surface area contributed by atoms with Gasteiger partial charge in [0.2, 0.25) is 10.0 Å². The predicted octanol–water partition coefficient (Wildman–Crippen LogP) is 2.56. The maximum atomic E-state index is 12.5. The Hall–Kier alpha value is -2.51. The van der Waals surface area contributed by atoms with Crippen LogP contribution in [-0.4, -0.2) is 23.2 Å². The number of aromatic nitrogens is 3. The summed E-state index contributed by atoms with van der Waals surface area (Å²) >= 11 is 0. The van der Waals surface area contributed by atoms with Gasteiger partial charge in [-0.2, -0.15) is 5.10 Å². The minimum absolute atomic E-state index is 0.266. The molecule has 1 heterocycles. The Morgan fingerprint density at radius 1 is 1.08 bits per heavy atom. The highest BCUT2D eigenvalue weighted by atomic mass is 32.2. The Labute approximate surface area is 147 Å². The molecular formula is C18H20N4O2S. The summed E-state index contributed by atoms with van der Waals surface area (Å²) in [7, 11) is -3.56. The number of hydrogen-bond donors (Lipinski definition) is 1. The fourth-order valence-corrected chi connectivity index (χ4v) is 3.98. The Balaban J connectivity index is 1.77. The van der Waals surface area contributed by atoms with Gasteiger partial charge in [-0.1, -0.05) is 42.5 Å². The van der Waals surface area contributed by atoms with Gasteiger partial charge in [-0.3, -0.25) is 4.68 Å². The summed E-state index contributed by atoms with van der Waals surface area (Å²) in [6.45, 7) is 2.55. The molecular weight excluding hydrogens is 336 g/mol. The summed E-state index contributed by atoms with van der Waals surface area (Å²) in [6, 6.07) is 15.9. The van der Waals surface area contributed by atoms with Crippen molar-refractivity contribution in [2.45, 2.75) is 30.8 Å². The molecule has 2 aromatic carbocycles. The third-order valence-corrected chi connectivity index (χ3v) is 5.54. The third-order valence-electron chi connectivity index (χ3n) is 3.98. The summed E-state index contributed by atoms with van der Waals surface area (Å²) in [4.78, 5) is 4.20. The second kappa shape index (κ2) is 7.58. The average molecular weight is 356 g/mol. The van der Waals surface area contributed by atoms with Crippen LogP contribution in [0.3, 0.4) is 0 Å². The maximum absolute atomic E-state index is 12.5. The highest BCUT2D eigenvalue weighted by molar-refractivity contribution is 7.89. The second-order valence-corrected chi connectivity index (χ2v) is 7.48. The molecule has 1 N–H and O–H groups in total. The fraction of sp³-hybridized carbons (Fsp3) is 0.222. The highest BCUT2D eigenvalue weighted by Gasteiger charge is 2.19. The first-order valence-corrected chi connectivity index (χ1v) is 9.52. The summed E-state index contributed by atoms with van der Waals surface area (Å²) in [5.74, 6) is 0. The van der Waals surface area contributed by atoms with E-state index in [0.717, 1.165) is 17.5 Å². The number of sulfonamides is 1. The van der Waals surface area contributed by atoms with E-state index in [2.05, 4.69) is 14.8 Å². The van der Waals surface area contributed by atoms with Crippen molar-refractivity contribution in [1.29, 1.82) is 0 Å². The summed E-state index contributed by atoms with van der Waals surface area (Å²) in [6.07, 6.45) is 3.92. The molecule has 0 unspecified atom stereocenters. The predicted molar refractivity (Wildman–Crippen MR) is 95.3 cm³/mol. The van der Waals surface area contributed by atoms with Crippen LogP contribution in [0.15, 0.2) is 72.1 Å². The van der Waals surface area contributed by atoms with E-state index in [1.165, 1.54) is 6.33 Å². The number of nitrogens with one attached hydrogen (secondary N) is 1. The minimum Gasteiger partial charge on any atom is -0.253 e. The van der Waals surface area contributed by atoms with E-state index in [9.17, 15) is 8.42 Å². The first-order chi connectivity index (χ1) is 12.1. The van der Waals surface area contributed by atoms with Crippen LogP contribution in [0.25, 0.3) is 0 Å². The van der Waals surface area contributed by atoms with Gasteiger partial charge >= 0.3 is 0 Å². The van der Waals surface area contributed by atoms with E-state index in [-0.39, 0.29) is 10.9 Å². The standard InChI is InChI=1S/C18H20N4O2S/c1-15(21-25(23,24)17-8-3-2-4-9-17)18-10-6-5-7-16(18)11-12-22-14-19-13-20-22/h2-10,13-15,21H,11-12H2,1H3/t15-/m1/s1. The molecule has 0 aliphatic heterocycles. The summed E-state index contributed by atoms with van der Waals surface area (Å²) < 4.78 is 29.6. The lowest BCUT2D eigenvalue weighted by Crippen LogP contribution is -2.27. The average Bonchev–Trinajstić information content (AvgIpc) is 3.14. The van der Waals surface area contributed by atoms with Crippen molar-refractivity contribution >= 4 is 10.0 Å². The Kier molecular flexibility index (Phi) is 5.25. The molecule has 1 atom stereocenters. The van der Waals surface area contributed by atoms with Gasteiger partial charge in [0.05, 0.1) is 4.90 Å². The van der Waals surface area contributed by atoms with Crippen LogP contribution in [0.2, 0.25) is 0 Å². The molecule has 0 saturated carbocycles. The zero-order valence-electron chi connectivity index (χ0n) is 13.9. The molecule has 0 aliphatic carbocycles. The van der Waals surface area contributed by atoms with Gasteiger partial charge in [0.25, 0.3) is 0 Å². The lowest BCUT2D eigenvalue weighted by molar-refractivity contribution is 0.563. The number of nitrogens with zero attached hydrogens (tertiary/aromatic N) is 3. The molecule has 1 aromatic heterocycles. The van der Waals surface area contributed by atoms with Crippen molar-refractivity contribution in [3.63, 3.8) is 0 Å². The topological polar surface area (TPSA) is 76.9 Å². The van der Waals surface area contributed by atoms with Crippen LogP contribution < -0.4 is 4.72 Å². The van der Waals surface area contributed by atoms with E-state index in [0.29, 0.717) is 6.54 Å². The maximum Gasteiger partial charge on any atom is 0.241 e. The van der Waals surface area contributed by atoms with Gasteiger partial charge in [0.15, 0.2) is 0 Å². The van der Waals surface area contributed by atoms with Crippen molar-refractivity contribution in [3.8, 4) is 0 Å². The zero-order chi connectivity index (χ0) is 17.7. The van der Waals surface area contributed by atoms with Crippen LogP contribution in [0.4, 0.5) is 0 Å². The molecule has 0 amide bonds. The van der Waals surface area contributed by atoms with Crippen LogP contribution in [-0.2, 0) is 23.0 Å². The first-order valence-electron chi connectivity index (χ1n) is 8.04. The van der Waals surface area contributed by atoms with Crippen LogP contribution in [0.1, 0.15) is 24.1 Å². The van der Waals surface area contributed by atoms with Gasteiger partial charge in [0.1, 0.15) is 12.7 Å². The Morgan fingerprint density at radius 3 is 2.52 bits per heavy atom. The number of aryl methyl sites for hydroxylation is 2. The van der Waals surface area contributed by atoms with Crippen molar-refractivity contribution in [1.82, 2.24) is 19.5 Å². The van der Waals surface area contributed by atoms with Crippen molar-refractivity contribution in [3.05, 3.63) is 78.4 Å². The number of rotatable bonds is 7. The van der Waals surface area contributed by atoms with Crippen LogP contribution in [0, 0.1) is 0 Å². The number of benzene rings is 2. The fourth-order valence-electron chi connectivity index (χ4n) is 2.73. The summed E-state index contributed by atoms with van der Waals surface area (Å²) in [5, 5.41) is 4.10. The Morgan fingerprint density at radius 2 is 1.80 bits per heavy atom. The molecule has 0 fully saturated rings. The molecule has 3 rings (SSSR count). The van der Waals surface area contributed by atoms with E-state index < -0.39 is 10.0 Å². The van der Waals surface area contributed by atoms with E-state index >= 15 is 0 Å². The quantitative estimate of drug-likeness (QED) is 0.706. The normalized spacial score (nSPS) is 12.8. The number of hydrogen-bond acceptors (Lipinski definition) is 4. The lowest BCUT2D eigenvalue weighted by Gasteiger charge is -2.18. The van der Waals surface area contributed by atoms with Crippen molar-refractivity contribution in [2.75, 3.05) is 0 Å². The van der Waals surface area contributed by atoms with Crippen LogP contribution in [0.5, 0.6) is 0 Å². The van der Waals surface area contributed by atoms with E-state index in [1.807, 2.05) is 31.2 Å². The Bertz CT molecular complexity index is 909. The third kappa shape index (κ3) is 4.32. The van der Waals surface area contributed by atoms with Gasteiger partial charge in [-0.15, -0.1) is 0 Å². The monoisotopic (exact) mass is 356 g/mol. The zero-order valence-corrected chi connectivity index (χ0v) is 14.7.